The van der Waals surface area contributed by atoms with Crippen molar-refractivity contribution < 1.29 is 14.6 Å². The molecule has 1 saturated heterocycles. The van der Waals surface area contributed by atoms with E-state index in [2.05, 4.69) is 19.1 Å². The molecule has 0 aromatic heterocycles. The van der Waals surface area contributed by atoms with Gasteiger partial charge in [0.1, 0.15) is 0 Å². The van der Waals surface area contributed by atoms with E-state index in [0.717, 1.165) is 58.2 Å². The molecule has 2 fully saturated rings. The Labute approximate surface area is 149 Å². The quantitative estimate of drug-likeness (QED) is 0.684. The second-order valence-corrected chi connectivity index (χ2v) is 8.91. The lowest BCUT2D eigenvalue weighted by Gasteiger charge is -2.49. The Balaban J connectivity index is 1.49. The van der Waals surface area contributed by atoms with Gasteiger partial charge in [-0.25, -0.2) is 0 Å². The fourth-order valence-corrected chi connectivity index (χ4v) is 6.49. The highest BCUT2D eigenvalue weighted by molar-refractivity contribution is 5.45. The first kappa shape index (κ1) is 16.1. The molecule has 4 atom stereocenters. The highest BCUT2D eigenvalue weighted by Crippen LogP contribution is 2.62. The van der Waals surface area contributed by atoms with Gasteiger partial charge in [0, 0.05) is 18.3 Å². The van der Waals surface area contributed by atoms with Crippen LogP contribution in [0, 0.1) is 28.6 Å². The molecule has 0 unspecified atom stereocenters. The minimum absolute atomic E-state index is 0.290. The summed E-state index contributed by atoms with van der Waals surface area (Å²) in [5.74, 6) is 0.601. The number of rotatable bonds is 0. The Morgan fingerprint density at radius 1 is 1.20 bits per heavy atom. The lowest BCUT2D eigenvalue weighted by molar-refractivity contribution is -0.164. The standard InChI is InChI=1S/C21H27NO3/c1-19-7-4-16-15-5-9-21(24-10-11-25-21)12-14(15)2-3-17(16)18(19)6-8-20(19,23)13-22/h4,17-18,23H,2-3,5-12H2,1H3/t17-,18+,19+,20+/m1/s1. The number of nitriles is 1. The fraction of sp³-hybridized carbons (Fsp3) is 0.762. The van der Waals surface area contributed by atoms with Crippen LogP contribution in [0.4, 0.5) is 0 Å². The molecule has 1 saturated carbocycles. The van der Waals surface area contributed by atoms with Gasteiger partial charge in [-0.2, -0.15) is 5.26 Å². The predicted octanol–water partition coefficient (Wildman–Crippen LogP) is 3.62. The summed E-state index contributed by atoms with van der Waals surface area (Å²) in [6.45, 7) is 3.59. The summed E-state index contributed by atoms with van der Waals surface area (Å²) in [5.41, 5.74) is 3.17. The van der Waals surface area contributed by atoms with Crippen molar-refractivity contribution in [3.05, 3.63) is 22.8 Å². The zero-order chi connectivity index (χ0) is 17.3. The van der Waals surface area contributed by atoms with Crippen LogP contribution in [0.1, 0.15) is 58.3 Å². The van der Waals surface area contributed by atoms with Crippen LogP contribution in [0.15, 0.2) is 22.8 Å². The second kappa shape index (κ2) is 5.19. The van der Waals surface area contributed by atoms with Gasteiger partial charge in [-0.3, -0.25) is 0 Å². The van der Waals surface area contributed by atoms with Gasteiger partial charge >= 0.3 is 0 Å². The van der Waals surface area contributed by atoms with E-state index in [1.54, 1.807) is 5.57 Å². The fourth-order valence-electron chi connectivity index (χ4n) is 6.49. The van der Waals surface area contributed by atoms with Crippen LogP contribution < -0.4 is 0 Å². The van der Waals surface area contributed by atoms with Crippen LogP contribution >= 0.6 is 0 Å². The minimum atomic E-state index is -1.16. The Bertz CT molecular complexity index is 711. The molecule has 1 aliphatic heterocycles. The molecule has 4 aliphatic carbocycles. The molecule has 5 aliphatic rings. The van der Waals surface area contributed by atoms with Crippen molar-refractivity contribution in [2.75, 3.05) is 13.2 Å². The van der Waals surface area contributed by atoms with Crippen LogP contribution in [0.5, 0.6) is 0 Å². The summed E-state index contributed by atoms with van der Waals surface area (Å²) in [5, 5.41) is 20.5. The van der Waals surface area contributed by atoms with E-state index in [4.69, 9.17) is 9.47 Å². The average molecular weight is 341 g/mol. The third-order valence-corrected chi connectivity index (χ3v) is 7.98. The Morgan fingerprint density at radius 2 is 2.00 bits per heavy atom. The summed E-state index contributed by atoms with van der Waals surface area (Å²) in [4.78, 5) is 0. The third-order valence-electron chi connectivity index (χ3n) is 7.98. The molecule has 5 rings (SSSR count). The van der Waals surface area contributed by atoms with Gasteiger partial charge in [0.05, 0.1) is 19.3 Å². The zero-order valence-corrected chi connectivity index (χ0v) is 15.0. The van der Waals surface area contributed by atoms with E-state index in [9.17, 15) is 10.4 Å². The lowest BCUT2D eigenvalue weighted by atomic mass is 9.56. The molecule has 1 heterocycles. The van der Waals surface area contributed by atoms with Crippen LogP contribution in [0.25, 0.3) is 0 Å². The maximum absolute atomic E-state index is 10.9. The monoisotopic (exact) mass is 341 g/mol. The van der Waals surface area contributed by atoms with E-state index in [-0.39, 0.29) is 11.2 Å². The molecule has 1 spiro atoms. The Kier molecular flexibility index (Phi) is 3.33. The normalized spacial score (nSPS) is 44.8. The van der Waals surface area contributed by atoms with E-state index in [0.29, 0.717) is 18.3 Å². The molecule has 25 heavy (non-hydrogen) atoms. The highest BCUT2D eigenvalue weighted by atomic mass is 16.7. The highest BCUT2D eigenvalue weighted by Gasteiger charge is 2.61. The SMILES string of the molecule is C[C@]12CC=C3C4=C(CC[C@H]3[C@@H]1CC[C@]2(O)C#N)CC1(CC4)OCCO1. The molecule has 4 nitrogen and oxygen atoms in total. The molecule has 0 radical (unpaired) electrons. The number of fused-ring (bicyclic) bond motifs is 4. The summed E-state index contributed by atoms with van der Waals surface area (Å²) >= 11 is 0. The van der Waals surface area contributed by atoms with Gasteiger partial charge in [-0.05, 0) is 61.5 Å². The molecule has 134 valence electrons. The molecule has 4 heteroatoms. The first-order valence-corrected chi connectivity index (χ1v) is 9.83. The van der Waals surface area contributed by atoms with Gasteiger partial charge < -0.3 is 14.6 Å². The maximum Gasteiger partial charge on any atom is 0.172 e. The number of hydrogen-bond donors (Lipinski definition) is 1. The predicted molar refractivity (Wildman–Crippen MR) is 92.3 cm³/mol. The number of ether oxygens (including phenoxy) is 2. The van der Waals surface area contributed by atoms with Crippen molar-refractivity contribution in [2.45, 2.75) is 69.7 Å². The average Bonchev–Trinajstić information content (AvgIpc) is 3.18. The summed E-state index contributed by atoms with van der Waals surface area (Å²) in [6, 6.07) is 2.25. The van der Waals surface area contributed by atoms with E-state index < -0.39 is 5.60 Å². The smallest absolute Gasteiger partial charge is 0.172 e. The first-order chi connectivity index (χ1) is 12.0. The largest absolute Gasteiger partial charge is 0.375 e. The van der Waals surface area contributed by atoms with Gasteiger partial charge in [0.2, 0.25) is 0 Å². The van der Waals surface area contributed by atoms with Gasteiger partial charge in [-0.1, -0.05) is 18.6 Å². The van der Waals surface area contributed by atoms with E-state index in [1.807, 2.05) is 0 Å². The van der Waals surface area contributed by atoms with Crippen molar-refractivity contribution in [2.24, 2.45) is 17.3 Å². The summed E-state index contributed by atoms with van der Waals surface area (Å²) in [6.07, 6.45) is 9.96. The maximum atomic E-state index is 10.9. The first-order valence-electron chi connectivity index (χ1n) is 9.83. The molecule has 0 aromatic rings. The molecule has 1 N–H and O–H groups in total. The van der Waals surface area contributed by atoms with Crippen molar-refractivity contribution >= 4 is 0 Å². The second-order valence-electron chi connectivity index (χ2n) is 8.91. The molecule has 0 aromatic carbocycles. The molecular formula is C21H27NO3. The van der Waals surface area contributed by atoms with Gasteiger partial charge in [-0.15, -0.1) is 0 Å². The van der Waals surface area contributed by atoms with Crippen molar-refractivity contribution in [1.29, 1.82) is 5.26 Å². The third kappa shape index (κ3) is 2.04. The summed E-state index contributed by atoms with van der Waals surface area (Å²) < 4.78 is 11.9. The van der Waals surface area contributed by atoms with Crippen LogP contribution in [-0.4, -0.2) is 29.7 Å². The number of allylic oxidation sites excluding steroid dienone is 3. The lowest BCUT2D eigenvalue weighted by Crippen LogP contribution is -2.48. The number of nitrogens with zero attached hydrogens (tertiary/aromatic N) is 1. The zero-order valence-electron chi connectivity index (χ0n) is 15.0. The Hall–Kier alpha value is -1.15. The topological polar surface area (TPSA) is 62.5 Å². The molecular weight excluding hydrogens is 314 g/mol. The van der Waals surface area contributed by atoms with E-state index in [1.165, 1.54) is 11.1 Å². The van der Waals surface area contributed by atoms with Crippen molar-refractivity contribution in [3.63, 3.8) is 0 Å². The van der Waals surface area contributed by atoms with Crippen molar-refractivity contribution in [1.82, 2.24) is 0 Å². The van der Waals surface area contributed by atoms with Crippen LogP contribution in [0.2, 0.25) is 0 Å². The van der Waals surface area contributed by atoms with Gasteiger partial charge in [0.15, 0.2) is 11.4 Å². The van der Waals surface area contributed by atoms with Crippen molar-refractivity contribution in [3.8, 4) is 6.07 Å². The Morgan fingerprint density at radius 3 is 2.76 bits per heavy atom. The number of aliphatic hydroxyl groups is 1. The number of hydrogen-bond acceptors (Lipinski definition) is 4. The molecule has 0 amide bonds. The summed E-state index contributed by atoms with van der Waals surface area (Å²) in [7, 11) is 0. The van der Waals surface area contributed by atoms with Crippen LogP contribution in [0.3, 0.4) is 0 Å². The molecule has 0 bridgehead atoms. The minimum Gasteiger partial charge on any atom is -0.375 e. The van der Waals surface area contributed by atoms with E-state index >= 15 is 0 Å². The van der Waals surface area contributed by atoms with Gasteiger partial charge in [0.25, 0.3) is 0 Å². The van der Waals surface area contributed by atoms with Crippen LogP contribution in [-0.2, 0) is 9.47 Å².